The first-order chi connectivity index (χ1) is 22.2. The number of aliphatic hydroxyl groups excluding tert-OH is 4. The van der Waals surface area contributed by atoms with Crippen molar-refractivity contribution >= 4 is 5.97 Å². The van der Waals surface area contributed by atoms with E-state index in [-0.39, 0.29) is 46.7 Å². The van der Waals surface area contributed by atoms with Gasteiger partial charge in [-0.05, 0) is 102 Å². The van der Waals surface area contributed by atoms with Crippen molar-refractivity contribution < 1.29 is 40.2 Å². The Morgan fingerprint density at radius 1 is 0.745 bits per heavy atom. The summed E-state index contributed by atoms with van der Waals surface area (Å²) in [5, 5.41) is 62.2. The van der Waals surface area contributed by atoms with Gasteiger partial charge in [-0.2, -0.15) is 0 Å². The average molecular weight is 645 g/mol. The molecule has 2 saturated carbocycles. The maximum absolute atomic E-state index is 11.5. The van der Waals surface area contributed by atoms with Crippen molar-refractivity contribution in [1.82, 2.24) is 0 Å². The van der Waals surface area contributed by atoms with Gasteiger partial charge in [0, 0.05) is 42.4 Å². The van der Waals surface area contributed by atoms with E-state index in [0.717, 1.165) is 65.5 Å². The third-order valence-electron chi connectivity index (χ3n) is 12.7. The van der Waals surface area contributed by atoms with E-state index in [9.17, 15) is 35.4 Å². The van der Waals surface area contributed by atoms with Crippen LogP contribution in [0.15, 0.2) is 58.7 Å². The van der Waals surface area contributed by atoms with Crippen molar-refractivity contribution in [2.75, 3.05) is 0 Å². The second kappa shape index (κ2) is 11.5. The molecule has 0 amide bonds. The molecule has 0 saturated heterocycles. The summed E-state index contributed by atoms with van der Waals surface area (Å²) in [5.74, 6) is 0.718. The molecule has 0 aromatic heterocycles. The first-order valence-corrected chi connectivity index (χ1v) is 17.2. The van der Waals surface area contributed by atoms with Gasteiger partial charge in [-0.1, -0.05) is 44.1 Å². The van der Waals surface area contributed by atoms with Crippen LogP contribution in [0, 0.1) is 16.7 Å². The molecule has 6 N–H and O–H groups in total. The number of hydrogen-bond donors (Lipinski definition) is 6. The number of esters is 1. The molecular weight excluding hydrogens is 596 g/mol. The lowest BCUT2D eigenvalue weighted by molar-refractivity contribution is -0.157. The van der Waals surface area contributed by atoms with E-state index in [1.165, 1.54) is 18.1 Å². The number of benzene rings is 2. The predicted molar refractivity (Wildman–Crippen MR) is 176 cm³/mol. The Balaban J connectivity index is 0.000000151. The maximum Gasteiger partial charge on any atom is 0.303 e. The lowest BCUT2D eigenvalue weighted by Gasteiger charge is -2.44. The number of phenolic OH excluding ortho intramolecular Hbond substituents is 2. The minimum absolute atomic E-state index is 0.103. The highest BCUT2D eigenvalue weighted by atomic mass is 16.6. The van der Waals surface area contributed by atoms with Crippen LogP contribution < -0.4 is 0 Å². The van der Waals surface area contributed by atoms with E-state index >= 15 is 0 Å². The molecule has 0 radical (unpaired) electrons. The number of rotatable bonds is 1. The third kappa shape index (κ3) is 5.06. The summed E-state index contributed by atoms with van der Waals surface area (Å²) in [6.07, 6.45) is 3.22. The van der Waals surface area contributed by atoms with Gasteiger partial charge in [-0.25, -0.2) is 0 Å². The van der Waals surface area contributed by atoms with Crippen molar-refractivity contribution in [3.05, 3.63) is 80.9 Å². The zero-order chi connectivity index (χ0) is 33.6. The van der Waals surface area contributed by atoms with Crippen LogP contribution in [-0.2, 0) is 22.4 Å². The molecule has 252 valence electrons. The van der Waals surface area contributed by atoms with E-state index in [1.54, 1.807) is 24.3 Å². The number of fused-ring (bicyclic) bond motifs is 8. The molecule has 0 spiro atoms. The van der Waals surface area contributed by atoms with Gasteiger partial charge < -0.3 is 35.4 Å². The van der Waals surface area contributed by atoms with Crippen LogP contribution in [0.4, 0.5) is 0 Å². The van der Waals surface area contributed by atoms with E-state index < -0.39 is 29.8 Å². The second-order valence-corrected chi connectivity index (χ2v) is 15.5. The van der Waals surface area contributed by atoms with Crippen LogP contribution in [0.3, 0.4) is 0 Å². The van der Waals surface area contributed by atoms with Crippen molar-refractivity contribution in [3.63, 3.8) is 0 Å². The molecule has 2 fully saturated rings. The van der Waals surface area contributed by atoms with E-state index in [2.05, 4.69) is 13.8 Å². The number of aromatic hydroxyl groups is 2. The Hall–Kier alpha value is -3.17. The number of ether oxygens (including phenoxy) is 1. The van der Waals surface area contributed by atoms with Crippen LogP contribution in [0.25, 0.3) is 0 Å². The predicted octanol–water partition coefficient (Wildman–Crippen LogP) is 5.08. The van der Waals surface area contributed by atoms with Crippen molar-refractivity contribution in [2.45, 2.75) is 121 Å². The summed E-state index contributed by atoms with van der Waals surface area (Å²) in [7, 11) is 0. The lowest BCUT2D eigenvalue weighted by atomic mass is 9.62. The van der Waals surface area contributed by atoms with Gasteiger partial charge in [-0.3, -0.25) is 4.79 Å². The highest BCUT2D eigenvalue weighted by Crippen LogP contribution is 2.60. The Morgan fingerprint density at radius 2 is 1.23 bits per heavy atom. The lowest BCUT2D eigenvalue weighted by Crippen LogP contribution is -2.42. The summed E-state index contributed by atoms with van der Waals surface area (Å²) in [5.41, 5.74) is 8.37. The number of phenols is 2. The fraction of sp³-hybridized carbons (Fsp3) is 0.564. The second-order valence-electron chi connectivity index (χ2n) is 15.5. The van der Waals surface area contributed by atoms with Gasteiger partial charge in [0.2, 0.25) is 0 Å². The van der Waals surface area contributed by atoms with E-state index in [4.69, 9.17) is 4.74 Å². The fourth-order valence-corrected chi connectivity index (χ4v) is 10.5. The van der Waals surface area contributed by atoms with Crippen LogP contribution in [0.1, 0.15) is 100 Å². The van der Waals surface area contributed by atoms with E-state index in [0.29, 0.717) is 19.3 Å². The summed E-state index contributed by atoms with van der Waals surface area (Å²) in [6.45, 7) is 7.68. The first kappa shape index (κ1) is 32.4. The van der Waals surface area contributed by atoms with Gasteiger partial charge in [0.1, 0.15) is 17.6 Å². The molecule has 47 heavy (non-hydrogen) atoms. The Bertz CT molecular complexity index is 1670. The summed E-state index contributed by atoms with van der Waals surface area (Å²) in [4.78, 5) is 11.5. The molecule has 6 aliphatic carbocycles. The van der Waals surface area contributed by atoms with Crippen LogP contribution >= 0.6 is 0 Å². The highest BCUT2D eigenvalue weighted by Gasteiger charge is 2.56. The Morgan fingerprint density at radius 3 is 1.74 bits per heavy atom. The van der Waals surface area contributed by atoms with Crippen molar-refractivity contribution in [2.24, 2.45) is 16.7 Å². The molecule has 8 heteroatoms. The molecule has 2 unspecified atom stereocenters. The molecule has 2 aromatic rings. The summed E-state index contributed by atoms with van der Waals surface area (Å²) < 4.78 is 5.46. The zero-order valence-electron chi connectivity index (χ0n) is 27.7. The number of hydrogen-bond acceptors (Lipinski definition) is 8. The minimum atomic E-state index is -0.733. The summed E-state index contributed by atoms with van der Waals surface area (Å²) in [6, 6.07) is 10.9. The van der Waals surface area contributed by atoms with E-state index in [1.807, 2.05) is 19.1 Å². The van der Waals surface area contributed by atoms with Crippen molar-refractivity contribution in [1.29, 1.82) is 0 Å². The molecule has 0 bridgehead atoms. The largest absolute Gasteiger partial charge is 0.508 e. The SMILES string of the molecule is CC(=O)O[C@H]1[C@H](O)CC2=C3C(CC[C@@]21C)c1ccc(O)cc1C[C@@H]3O.C[C@@H]1CC2=C3C(CC[C@]2(C)[C@H]1O)c1ccc(O)cc1C[C@@H]3O. The van der Waals surface area contributed by atoms with Gasteiger partial charge in [0.25, 0.3) is 0 Å². The molecule has 6 aliphatic rings. The average Bonchev–Trinajstić information content (AvgIpc) is 3.39. The molecule has 8 nitrogen and oxygen atoms in total. The fourth-order valence-electron chi connectivity index (χ4n) is 10.5. The van der Waals surface area contributed by atoms with Crippen LogP contribution in [0.5, 0.6) is 11.5 Å². The number of aliphatic hydroxyl groups is 4. The molecule has 0 aliphatic heterocycles. The number of carbonyl (C=O) groups excluding carboxylic acids is 1. The molecule has 2 aromatic carbocycles. The molecule has 8 rings (SSSR count). The molecular formula is C39H48O8. The molecule has 10 atom stereocenters. The number of carbonyl (C=O) groups is 1. The highest BCUT2D eigenvalue weighted by molar-refractivity contribution is 5.66. The molecule has 0 heterocycles. The monoisotopic (exact) mass is 644 g/mol. The van der Waals surface area contributed by atoms with Crippen molar-refractivity contribution in [3.8, 4) is 11.5 Å². The summed E-state index contributed by atoms with van der Waals surface area (Å²) >= 11 is 0. The quantitative estimate of drug-likeness (QED) is 0.186. The topological polar surface area (TPSA) is 148 Å². The van der Waals surface area contributed by atoms with Gasteiger partial charge in [0.05, 0.1) is 24.4 Å². The standard InChI is InChI=1S/C20H24O5.C19H24O3/c1-10(21)25-19-17(24)9-15-18-14(5-6-20(15,19)2)13-4-3-12(22)7-11(13)8-16(18)23;1-10-7-15-17-14(5-6-19(15,2)18(10)22)13-4-3-12(20)8-11(13)9-16(17)21/h3-4,7,14,16-17,19,22-24H,5-6,8-9H2,1-2H3;3-4,8,10,14,16,18,20-22H,5-7,9H2,1-2H3/t14?,16-,17+,19-,20-;10-,14?,16+,18+,19+/m01/s1. The Labute approximate surface area is 276 Å². The first-order valence-electron chi connectivity index (χ1n) is 17.2. The maximum atomic E-state index is 11.5. The van der Waals surface area contributed by atoms with Gasteiger partial charge >= 0.3 is 5.97 Å². The normalized spacial score (nSPS) is 38.2. The Kier molecular flexibility index (Phi) is 7.90. The van der Waals surface area contributed by atoms with Crippen LogP contribution in [-0.4, -0.2) is 67.1 Å². The van der Waals surface area contributed by atoms with Gasteiger partial charge in [0.15, 0.2) is 0 Å². The van der Waals surface area contributed by atoms with Gasteiger partial charge in [-0.15, -0.1) is 0 Å². The third-order valence-corrected chi connectivity index (χ3v) is 12.7. The minimum Gasteiger partial charge on any atom is -0.508 e. The van der Waals surface area contributed by atoms with Crippen LogP contribution in [0.2, 0.25) is 0 Å². The smallest absolute Gasteiger partial charge is 0.303 e. The zero-order valence-corrected chi connectivity index (χ0v) is 27.7.